The van der Waals surface area contributed by atoms with E-state index < -0.39 is 10.9 Å². The van der Waals surface area contributed by atoms with Crippen molar-refractivity contribution in [3.63, 3.8) is 0 Å². The first-order valence-electron chi connectivity index (χ1n) is 11.4. The molecule has 2 aromatic heterocycles. The molecule has 0 unspecified atom stereocenters. The molecule has 184 valence electrons. The van der Waals surface area contributed by atoms with Crippen LogP contribution < -0.4 is 5.73 Å². The summed E-state index contributed by atoms with van der Waals surface area (Å²) in [6, 6.07) is 24.3. The van der Waals surface area contributed by atoms with Gasteiger partial charge in [-0.1, -0.05) is 48.5 Å². The standard InChI is InChI=1S/C26H21N7O4/c1-2-37-26(34)21-22(17-9-5-3-6-10-17)28-31(19-11-7-4-8-12-19)25(21)32-29-23(24(27)30-32)18-13-15-20(16-14-18)33(35)36/h3-16H,2H2,1H3,(H2,27,30). The number of nitro groups is 1. The molecule has 5 rings (SSSR count). The number of non-ortho nitro benzene ring substituents is 1. The van der Waals surface area contributed by atoms with Gasteiger partial charge in [-0.05, 0) is 31.2 Å². The maximum Gasteiger partial charge on any atom is 0.344 e. The molecule has 0 aliphatic carbocycles. The molecular formula is C26H21N7O4. The van der Waals surface area contributed by atoms with Gasteiger partial charge in [0.1, 0.15) is 17.0 Å². The van der Waals surface area contributed by atoms with Gasteiger partial charge in [0.2, 0.25) is 0 Å². The minimum atomic E-state index is -0.591. The molecular weight excluding hydrogens is 474 g/mol. The minimum Gasteiger partial charge on any atom is -0.462 e. The summed E-state index contributed by atoms with van der Waals surface area (Å²) in [7, 11) is 0. The largest absolute Gasteiger partial charge is 0.462 e. The Balaban J connectivity index is 1.75. The van der Waals surface area contributed by atoms with Crippen LogP contribution >= 0.6 is 0 Å². The van der Waals surface area contributed by atoms with E-state index in [1.54, 1.807) is 23.7 Å². The fraction of sp³-hybridized carbons (Fsp3) is 0.0769. The molecule has 0 radical (unpaired) electrons. The van der Waals surface area contributed by atoms with Crippen LogP contribution in [0.15, 0.2) is 84.9 Å². The third-order valence-electron chi connectivity index (χ3n) is 5.57. The molecule has 11 nitrogen and oxygen atoms in total. The Bertz CT molecular complexity index is 1580. The highest BCUT2D eigenvalue weighted by Crippen LogP contribution is 2.32. The number of esters is 1. The molecule has 3 aromatic carbocycles. The first-order valence-corrected chi connectivity index (χ1v) is 11.4. The highest BCUT2D eigenvalue weighted by atomic mass is 16.6. The molecule has 0 saturated carbocycles. The lowest BCUT2D eigenvalue weighted by atomic mass is 10.1. The lowest BCUT2D eigenvalue weighted by Crippen LogP contribution is -2.14. The Morgan fingerprint density at radius 1 is 0.892 bits per heavy atom. The molecule has 0 bridgehead atoms. The Morgan fingerprint density at radius 3 is 2.14 bits per heavy atom. The third-order valence-corrected chi connectivity index (χ3v) is 5.57. The highest BCUT2D eigenvalue weighted by molar-refractivity contribution is 6.00. The van der Waals surface area contributed by atoms with Gasteiger partial charge in [-0.3, -0.25) is 10.1 Å². The van der Waals surface area contributed by atoms with Gasteiger partial charge in [0.15, 0.2) is 11.6 Å². The number of ether oxygens (including phenoxy) is 1. The molecule has 11 heteroatoms. The predicted molar refractivity (Wildman–Crippen MR) is 136 cm³/mol. The van der Waals surface area contributed by atoms with Crippen LogP contribution in [-0.2, 0) is 4.74 Å². The van der Waals surface area contributed by atoms with Crippen molar-refractivity contribution in [2.75, 3.05) is 12.3 Å². The summed E-state index contributed by atoms with van der Waals surface area (Å²) in [6.07, 6.45) is 0. The average Bonchev–Trinajstić information content (AvgIpc) is 3.51. The number of carbonyl (C=O) groups is 1. The van der Waals surface area contributed by atoms with Crippen molar-refractivity contribution in [2.45, 2.75) is 6.92 Å². The van der Waals surface area contributed by atoms with E-state index in [0.29, 0.717) is 28.2 Å². The Hall–Kier alpha value is -5.32. The lowest BCUT2D eigenvalue weighted by Gasteiger charge is -2.08. The van der Waals surface area contributed by atoms with Gasteiger partial charge >= 0.3 is 5.97 Å². The number of hydrogen-bond donors (Lipinski definition) is 1. The molecule has 0 fully saturated rings. The van der Waals surface area contributed by atoms with E-state index in [9.17, 15) is 14.9 Å². The SMILES string of the molecule is CCOC(=O)c1c(-c2ccccc2)nn(-c2ccccc2)c1-n1nc(N)c(-c2ccc([N+](=O)[O-])cc2)n1. The van der Waals surface area contributed by atoms with Crippen LogP contribution in [0.5, 0.6) is 0 Å². The normalized spacial score (nSPS) is 10.8. The smallest absolute Gasteiger partial charge is 0.344 e. The van der Waals surface area contributed by atoms with E-state index in [2.05, 4.69) is 10.2 Å². The monoisotopic (exact) mass is 495 g/mol. The van der Waals surface area contributed by atoms with E-state index in [1.807, 2.05) is 60.7 Å². The number of aromatic nitrogens is 5. The van der Waals surface area contributed by atoms with Crippen molar-refractivity contribution in [3.8, 4) is 34.0 Å². The zero-order chi connectivity index (χ0) is 25.9. The van der Waals surface area contributed by atoms with Crippen LogP contribution in [0.2, 0.25) is 0 Å². The van der Waals surface area contributed by atoms with Gasteiger partial charge < -0.3 is 10.5 Å². The molecule has 2 N–H and O–H groups in total. The van der Waals surface area contributed by atoms with Crippen LogP contribution in [-0.4, -0.2) is 42.3 Å². The zero-order valence-electron chi connectivity index (χ0n) is 19.7. The number of benzene rings is 3. The van der Waals surface area contributed by atoms with Crippen molar-refractivity contribution in [3.05, 3.63) is 101 Å². The van der Waals surface area contributed by atoms with Crippen molar-refractivity contribution in [1.82, 2.24) is 24.8 Å². The molecule has 0 atom stereocenters. The fourth-order valence-corrected chi connectivity index (χ4v) is 3.89. The maximum absolute atomic E-state index is 13.3. The molecule has 2 heterocycles. The van der Waals surface area contributed by atoms with Crippen molar-refractivity contribution in [1.29, 1.82) is 0 Å². The number of nitrogens with two attached hydrogens (primary N) is 1. The lowest BCUT2D eigenvalue weighted by molar-refractivity contribution is -0.384. The summed E-state index contributed by atoms with van der Waals surface area (Å²) < 4.78 is 6.97. The first kappa shape index (κ1) is 23.4. The molecule has 37 heavy (non-hydrogen) atoms. The van der Waals surface area contributed by atoms with Gasteiger partial charge in [0.25, 0.3) is 5.69 Å². The Labute approximate surface area is 210 Å². The molecule has 0 saturated heterocycles. The third kappa shape index (κ3) is 4.41. The summed E-state index contributed by atoms with van der Waals surface area (Å²) >= 11 is 0. The van der Waals surface area contributed by atoms with E-state index in [4.69, 9.17) is 15.6 Å². The number of carbonyl (C=O) groups excluding carboxylic acids is 1. The van der Waals surface area contributed by atoms with Crippen LogP contribution in [0.1, 0.15) is 17.3 Å². The Kier molecular flexibility index (Phi) is 6.17. The van der Waals surface area contributed by atoms with Crippen molar-refractivity contribution in [2.24, 2.45) is 0 Å². The van der Waals surface area contributed by atoms with Gasteiger partial charge in [-0.15, -0.1) is 15.0 Å². The predicted octanol–water partition coefficient (Wildman–Crippen LogP) is 4.45. The maximum atomic E-state index is 13.3. The molecule has 0 aliphatic rings. The number of nitrogen functional groups attached to an aromatic ring is 1. The van der Waals surface area contributed by atoms with Crippen LogP contribution in [0, 0.1) is 10.1 Å². The van der Waals surface area contributed by atoms with Crippen molar-refractivity contribution < 1.29 is 14.5 Å². The summed E-state index contributed by atoms with van der Waals surface area (Å²) in [4.78, 5) is 25.1. The second-order valence-electron chi connectivity index (χ2n) is 7.91. The number of nitrogens with zero attached hydrogens (tertiary/aromatic N) is 6. The second kappa shape index (κ2) is 9.74. The molecule has 0 amide bonds. The summed E-state index contributed by atoms with van der Waals surface area (Å²) in [5.41, 5.74) is 8.92. The van der Waals surface area contributed by atoms with Gasteiger partial charge in [-0.2, -0.15) is 5.10 Å². The quantitative estimate of drug-likeness (QED) is 0.198. The van der Waals surface area contributed by atoms with Crippen LogP contribution in [0.4, 0.5) is 11.5 Å². The molecule has 0 aliphatic heterocycles. The number of para-hydroxylation sites is 1. The first-order chi connectivity index (χ1) is 18.0. The average molecular weight is 495 g/mol. The zero-order valence-corrected chi connectivity index (χ0v) is 19.7. The highest BCUT2D eigenvalue weighted by Gasteiger charge is 2.30. The number of nitro benzene ring substituents is 1. The number of rotatable bonds is 7. The number of hydrogen-bond acceptors (Lipinski definition) is 8. The second-order valence-corrected chi connectivity index (χ2v) is 7.91. The van der Waals surface area contributed by atoms with E-state index in [-0.39, 0.29) is 29.5 Å². The van der Waals surface area contributed by atoms with Gasteiger partial charge in [0, 0.05) is 23.3 Å². The van der Waals surface area contributed by atoms with E-state index >= 15 is 0 Å². The minimum absolute atomic E-state index is 0.0611. The summed E-state index contributed by atoms with van der Waals surface area (Å²) in [5.74, 6) is -0.277. The van der Waals surface area contributed by atoms with Gasteiger partial charge in [0.05, 0.1) is 17.2 Å². The van der Waals surface area contributed by atoms with E-state index in [0.717, 1.165) is 0 Å². The summed E-state index contributed by atoms with van der Waals surface area (Å²) in [6.45, 7) is 1.88. The molecule has 0 spiro atoms. The topological polar surface area (TPSA) is 144 Å². The summed E-state index contributed by atoms with van der Waals surface area (Å²) in [5, 5.41) is 24.8. The number of anilines is 1. The van der Waals surface area contributed by atoms with E-state index in [1.165, 1.54) is 16.9 Å². The van der Waals surface area contributed by atoms with Crippen LogP contribution in [0.25, 0.3) is 34.0 Å². The van der Waals surface area contributed by atoms with Gasteiger partial charge in [-0.25, -0.2) is 9.48 Å². The van der Waals surface area contributed by atoms with Crippen molar-refractivity contribution >= 4 is 17.5 Å². The molecule has 5 aromatic rings. The Morgan fingerprint density at radius 2 is 1.51 bits per heavy atom. The van der Waals surface area contributed by atoms with Crippen LogP contribution in [0.3, 0.4) is 0 Å². The fourth-order valence-electron chi connectivity index (χ4n) is 3.89.